The van der Waals surface area contributed by atoms with Gasteiger partial charge in [0.15, 0.2) is 5.76 Å². The number of furan rings is 1. The summed E-state index contributed by atoms with van der Waals surface area (Å²) in [5.41, 5.74) is 0.180. The molecule has 2 amide bonds. The maximum absolute atomic E-state index is 13.7. The van der Waals surface area contributed by atoms with Crippen molar-refractivity contribution in [1.82, 2.24) is 15.1 Å². The number of nitrogens with one attached hydrogen (secondary N) is 1. The number of halogens is 1. The second-order valence-electron chi connectivity index (χ2n) is 6.09. The summed E-state index contributed by atoms with van der Waals surface area (Å²) in [6, 6.07) is 9.31. The molecule has 1 aliphatic rings. The Hall–Kier alpha value is -3.16. The van der Waals surface area contributed by atoms with Crippen LogP contribution >= 0.6 is 0 Å². The molecule has 0 spiro atoms. The van der Waals surface area contributed by atoms with Crippen LogP contribution in [0.25, 0.3) is 11.7 Å². The van der Waals surface area contributed by atoms with Crippen molar-refractivity contribution >= 4 is 11.7 Å². The van der Waals surface area contributed by atoms with Gasteiger partial charge < -0.3 is 19.1 Å². The molecule has 0 bridgehead atoms. The maximum Gasteiger partial charge on any atom is 0.321 e. The van der Waals surface area contributed by atoms with E-state index in [1.54, 1.807) is 35.4 Å². The largest absolute Gasteiger partial charge is 0.459 e. The van der Waals surface area contributed by atoms with E-state index in [0.29, 0.717) is 43.5 Å². The third kappa shape index (κ3) is 3.30. The van der Waals surface area contributed by atoms with Crippen LogP contribution in [0.2, 0.25) is 0 Å². The van der Waals surface area contributed by atoms with Crippen LogP contribution in [0.15, 0.2) is 51.5 Å². The highest BCUT2D eigenvalue weighted by Crippen LogP contribution is 2.29. The predicted octanol–water partition coefficient (Wildman–Crippen LogP) is 3.88. The first kappa shape index (κ1) is 16.3. The summed E-state index contributed by atoms with van der Waals surface area (Å²) < 4.78 is 24.6. The van der Waals surface area contributed by atoms with Crippen LogP contribution < -0.4 is 5.32 Å². The first-order valence-corrected chi connectivity index (χ1v) is 8.38. The standard InChI is InChI=1S/C18H17FN4O3/c19-13-4-1-2-5-14(13)20-18(24)23-9-7-12(8-10-23)16-21-22-17(26-16)15-6-3-11-25-15/h1-6,11-12H,7-10H2,(H,20,24). The molecule has 0 radical (unpaired) electrons. The summed E-state index contributed by atoms with van der Waals surface area (Å²) in [5.74, 6) is 1.07. The van der Waals surface area contributed by atoms with Gasteiger partial charge in [-0.15, -0.1) is 10.2 Å². The molecule has 0 unspecified atom stereocenters. The van der Waals surface area contributed by atoms with Crippen molar-refractivity contribution in [2.24, 2.45) is 0 Å². The van der Waals surface area contributed by atoms with Crippen molar-refractivity contribution in [1.29, 1.82) is 0 Å². The Bertz CT molecular complexity index is 885. The van der Waals surface area contributed by atoms with Crippen LogP contribution in [-0.2, 0) is 0 Å². The fourth-order valence-corrected chi connectivity index (χ4v) is 2.99. The van der Waals surface area contributed by atoms with Gasteiger partial charge in [0.2, 0.25) is 5.89 Å². The molecule has 0 aliphatic carbocycles. The van der Waals surface area contributed by atoms with Gasteiger partial charge in [-0.1, -0.05) is 12.1 Å². The lowest BCUT2D eigenvalue weighted by molar-refractivity contribution is 0.190. The quantitative estimate of drug-likeness (QED) is 0.770. The summed E-state index contributed by atoms with van der Waals surface area (Å²) >= 11 is 0. The molecule has 1 saturated heterocycles. The van der Waals surface area contributed by atoms with Gasteiger partial charge >= 0.3 is 6.03 Å². The van der Waals surface area contributed by atoms with E-state index in [-0.39, 0.29) is 17.6 Å². The highest BCUT2D eigenvalue weighted by Gasteiger charge is 2.28. The number of amides is 2. The molecule has 0 atom stereocenters. The lowest BCUT2D eigenvalue weighted by Crippen LogP contribution is -2.40. The number of carbonyl (C=O) groups is 1. The molecule has 0 saturated carbocycles. The molecule has 26 heavy (non-hydrogen) atoms. The Morgan fingerprint density at radius 2 is 1.96 bits per heavy atom. The molecular formula is C18H17FN4O3. The number of rotatable bonds is 3. The summed E-state index contributed by atoms with van der Waals surface area (Å²) in [7, 11) is 0. The highest BCUT2D eigenvalue weighted by atomic mass is 19.1. The SMILES string of the molecule is O=C(Nc1ccccc1F)N1CCC(c2nnc(-c3ccco3)o2)CC1. The smallest absolute Gasteiger partial charge is 0.321 e. The topological polar surface area (TPSA) is 84.4 Å². The first-order chi connectivity index (χ1) is 12.7. The molecule has 1 fully saturated rings. The molecule has 1 aromatic carbocycles. The fraction of sp³-hybridized carbons (Fsp3) is 0.278. The highest BCUT2D eigenvalue weighted by molar-refractivity contribution is 5.89. The lowest BCUT2D eigenvalue weighted by Gasteiger charge is -2.30. The molecule has 3 heterocycles. The molecule has 8 heteroatoms. The van der Waals surface area contributed by atoms with Crippen LogP contribution in [0.3, 0.4) is 0 Å². The lowest BCUT2D eigenvalue weighted by atomic mass is 9.97. The average Bonchev–Trinajstić information content (AvgIpc) is 3.35. The van der Waals surface area contributed by atoms with Gasteiger partial charge in [-0.05, 0) is 37.1 Å². The van der Waals surface area contributed by atoms with E-state index in [0.717, 1.165) is 0 Å². The third-order valence-electron chi connectivity index (χ3n) is 4.42. The van der Waals surface area contributed by atoms with Crippen LogP contribution in [-0.4, -0.2) is 34.2 Å². The summed E-state index contributed by atoms with van der Waals surface area (Å²) in [4.78, 5) is 14.0. The van der Waals surface area contributed by atoms with Crippen molar-refractivity contribution in [2.75, 3.05) is 18.4 Å². The average molecular weight is 356 g/mol. The van der Waals surface area contributed by atoms with E-state index >= 15 is 0 Å². The number of likely N-dealkylation sites (tertiary alicyclic amines) is 1. The van der Waals surface area contributed by atoms with Crippen LogP contribution in [0.5, 0.6) is 0 Å². The van der Waals surface area contributed by atoms with Gasteiger partial charge in [0.1, 0.15) is 5.82 Å². The fourth-order valence-electron chi connectivity index (χ4n) is 2.99. The number of benzene rings is 1. The molecular weight excluding hydrogens is 339 g/mol. The number of urea groups is 1. The van der Waals surface area contributed by atoms with Crippen LogP contribution in [0, 0.1) is 5.82 Å². The molecule has 4 rings (SSSR count). The summed E-state index contributed by atoms with van der Waals surface area (Å²) in [5, 5.41) is 10.7. The number of hydrogen-bond donors (Lipinski definition) is 1. The molecule has 3 aromatic rings. The second-order valence-corrected chi connectivity index (χ2v) is 6.09. The van der Waals surface area contributed by atoms with Crippen molar-refractivity contribution in [3.8, 4) is 11.7 Å². The Labute approximate surface area is 148 Å². The Balaban J connectivity index is 1.35. The number of carbonyl (C=O) groups excluding carboxylic acids is 1. The first-order valence-electron chi connectivity index (χ1n) is 8.38. The molecule has 1 N–H and O–H groups in total. The van der Waals surface area contributed by atoms with Gasteiger partial charge in [-0.3, -0.25) is 0 Å². The minimum Gasteiger partial charge on any atom is -0.459 e. The van der Waals surface area contributed by atoms with Crippen molar-refractivity contribution in [2.45, 2.75) is 18.8 Å². The van der Waals surface area contributed by atoms with Crippen LogP contribution in [0.4, 0.5) is 14.9 Å². The Morgan fingerprint density at radius 1 is 1.15 bits per heavy atom. The summed E-state index contributed by atoms with van der Waals surface area (Å²) in [6.07, 6.45) is 2.95. The van der Waals surface area contributed by atoms with Gasteiger partial charge in [0, 0.05) is 19.0 Å². The van der Waals surface area contributed by atoms with Crippen molar-refractivity contribution < 1.29 is 18.0 Å². The van der Waals surface area contributed by atoms with Crippen molar-refractivity contribution in [3.05, 3.63) is 54.4 Å². The number of hydrogen-bond acceptors (Lipinski definition) is 5. The monoisotopic (exact) mass is 356 g/mol. The minimum absolute atomic E-state index is 0.0868. The third-order valence-corrected chi connectivity index (χ3v) is 4.42. The van der Waals surface area contributed by atoms with Gasteiger partial charge in [-0.25, -0.2) is 9.18 Å². The van der Waals surface area contributed by atoms with E-state index in [9.17, 15) is 9.18 Å². The number of aromatic nitrogens is 2. The second kappa shape index (κ2) is 6.99. The molecule has 1 aliphatic heterocycles. The maximum atomic E-state index is 13.7. The van der Waals surface area contributed by atoms with Gasteiger partial charge in [-0.2, -0.15) is 0 Å². The number of nitrogens with zero attached hydrogens (tertiary/aromatic N) is 3. The van der Waals surface area contributed by atoms with E-state index in [2.05, 4.69) is 15.5 Å². The Morgan fingerprint density at radius 3 is 2.69 bits per heavy atom. The predicted molar refractivity (Wildman–Crippen MR) is 91.0 cm³/mol. The van der Waals surface area contributed by atoms with Gasteiger partial charge in [0.05, 0.1) is 12.0 Å². The molecule has 7 nitrogen and oxygen atoms in total. The van der Waals surface area contributed by atoms with Crippen molar-refractivity contribution in [3.63, 3.8) is 0 Å². The zero-order valence-corrected chi connectivity index (χ0v) is 13.9. The summed E-state index contributed by atoms with van der Waals surface area (Å²) in [6.45, 7) is 1.06. The minimum atomic E-state index is -0.452. The number of para-hydroxylation sites is 1. The zero-order valence-electron chi connectivity index (χ0n) is 13.9. The van der Waals surface area contributed by atoms with Gasteiger partial charge in [0.25, 0.3) is 5.89 Å². The molecule has 134 valence electrons. The van der Waals surface area contributed by atoms with Crippen LogP contribution in [0.1, 0.15) is 24.7 Å². The normalized spacial score (nSPS) is 15.2. The van der Waals surface area contributed by atoms with E-state index in [1.165, 1.54) is 12.1 Å². The zero-order chi connectivity index (χ0) is 17.9. The van der Waals surface area contributed by atoms with E-state index in [4.69, 9.17) is 8.83 Å². The number of anilines is 1. The van der Waals surface area contributed by atoms with E-state index < -0.39 is 5.82 Å². The Kier molecular flexibility index (Phi) is 4.39. The number of piperidine rings is 1. The van der Waals surface area contributed by atoms with E-state index in [1.807, 2.05) is 0 Å². The molecule has 2 aromatic heterocycles.